The highest BCUT2D eigenvalue weighted by Crippen LogP contribution is 1.78. The third-order valence-corrected chi connectivity index (χ3v) is 0.484. The van der Waals surface area contributed by atoms with Crippen LogP contribution < -0.4 is 11.5 Å². The van der Waals surface area contributed by atoms with E-state index >= 15 is 0 Å². The van der Waals surface area contributed by atoms with Crippen LogP contribution in [0.15, 0.2) is 0 Å². The van der Waals surface area contributed by atoms with Crippen LogP contribution in [-0.4, -0.2) is 18.7 Å². The van der Waals surface area contributed by atoms with Gasteiger partial charge in [0.25, 0.3) is 0 Å². The Kier molecular flexibility index (Phi) is 3.14. The van der Waals surface area contributed by atoms with Crippen LogP contribution in [-0.2, 0) is 9.53 Å². The van der Waals surface area contributed by atoms with E-state index in [1.807, 2.05) is 0 Å². The fourth-order valence-corrected chi connectivity index (χ4v) is 0.255. The Labute approximate surface area is 47.8 Å². The molecule has 0 saturated carbocycles. The maximum atomic E-state index is 10.2. The van der Waals surface area contributed by atoms with Crippen molar-refractivity contribution < 1.29 is 9.53 Å². The minimum atomic E-state index is -0.550. The number of rotatable bonds is 2. The number of esters is 1. The van der Waals surface area contributed by atoms with Crippen molar-refractivity contribution in [1.82, 2.24) is 0 Å². The van der Waals surface area contributed by atoms with Crippen molar-refractivity contribution in [3.8, 4) is 0 Å². The van der Waals surface area contributed by atoms with E-state index in [-0.39, 0.29) is 6.54 Å². The van der Waals surface area contributed by atoms with Crippen LogP contribution in [0.5, 0.6) is 0 Å². The lowest BCUT2D eigenvalue weighted by atomic mass is 10.6. The summed E-state index contributed by atoms with van der Waals surface area (Å²) in [7, 11) is 0. The molecule has 1 atom stereocenters. The van der Waals surface area contributed by atoms with E-state index in [1.165, 1.54) is 0 Å². The van der Waals surface area contributed by atoms with Gasteiger partial charge >= 0.3 is 5.97 Å². The first-order valence-corrected chi connectivity index (χ1v) is 2.32. The van der Waals surface area contributed by atoms with Gasteiger partial charge < -0.3 is 10.5 Å². The van der Waals surface area contributed by atoms with Gasteiger partial charge in [-0.05, 0) is 6.92 Å². The highest BCUT2D eigenvalue weighted by molar-refractivity contribution is 5.71. The number of hydrogen-bond donors (Lipinski definition) is 2. The fraction of sp³-hybridized carbons (Fsp3) is 0.750. The van der Waals surface area contributed by atoms with Gasteiger partial charge in [0.2, 0.25) is 0 Å². The van der Waals surface area contributed by atoms with E-state index in [1.54, 1.807) is 6.92 Å². The van der Waals surface area contributed by atoms with Crippen molar-refractivity contribution >= 4 is 5.97 Å². The summed E-state index contributed by atoms with van der Waals surface area (Å²) >= 11 is 0. The summed E-state index contributed by atoms with van der Waals surface area (Å²) in [4.78, 5) is 10.2. The Balaban J connectivity index is 3.25. The van der Waals surface area contributed by atoms with Gasteiger partial charge in [-0.3, -0.25) is 10.5 Å². The van der Waals surface area contributed by atoms with E-state index in [9.17, 15) is 4.79 Å². The number of carbonyl (C=O) groups excluding carboxylic acids is 1. The number of ether oxygens (including phenoxy) is 1. The SMILES string of the molecule is CC(N)OC(=O)CN. The van der Waals surface area contributed by atoms with Crippen molar-refractivity contribution in [2.24, 2.45) is 11.5 Å². The Morgan fingerprint density at radius 2 is 2.38 bits per heavy atom. The molecule has 0 aromatic rings. The molecule has 0 aliphatic carbocycles. The van der Waals surface area contributed by atoms with Gasteiger partial charge in [-0.2, -0.15) is 0 Å². The molecule has 0 aromatic carbocycles. The highest BCUT2D eigenvalue weighted by atomic mass is 16.6. The molecule has 0 aliphatic heterocycles. The van der Waals surface area contributed by atoms with E-state index in [0.717, 1.165) is 0 Å². The van der Waals surface area contributed by atoms with Gasteiger partial charge in [0.1, 0.15) is 6.23 Å². The molecule has 48 valence electrons. The van der Waals surface area contributed by atoms with E-state index in [0.29, 0.717) is 0 Å². The molecule has 0 aliphatic rings. The molecule has 0 saturated heterocycles. The van der Waals surface area contributed by atoms with Gasteiger partial charge in [0, 0.05) is 0 Å². The van der Waals surface area contributed by atoms with Gasteiger partial charge in [0.15, 0.2) is 0 Å². The summed E-state index contributed by atoms with van der Waals surface area (Å²) in [5.41, 5.74) is 9.96. The lowest BCUT2D eigenvalue weighted by molar-refractivity contribution is -0.146. The summed E-state index contributed by atoms with van der Waals surface area (Å²) in [6.07, 6.45) is -0.550. The van der Waals surface area contributed by atoms with Gasteiger partial charge in [-0.15, -0.1) is 0 Å². The van der Waals surface area contributed by atoms with Crippen molar-refractivity contribution in [1.29, 1.82) is 0 Å². The molecular weight excluding hydrogens is 108 g/mol. The first-order valence-electron chi connectivity index (χ1n) is 2.32. The van der Waals surface area contributed by atoms with Crippen molar-refractivity contribution in [2.75, 3.05) is 6.54 Å². The quantitative estimate of drug-likeness (QED) is 0.352. The highest BCUT2D eigenvalue weighted by Gasteiger charge is 1.99. The van der Waals surface area contributed by atoms with E-state index in [4.69, 9.17) is 11.5 Å². The monoisotopic (exact) mass is 118 g/mol. The van der Waals surface area contributed by atoms with Crippen LogP contribution >= 0.6 is 0 Å². The second-order valence-corrected chi connectivity index (χ2v) is 1.40. The minimum Gasteiger partial charge on any atom is -0.446 e. The maximum Gasteiger partial charge on any atom is 0.321 e. The van der Waals surface area contributed by atoms with Crippen molar-refractivity contribution in [3.63, 3.8) is 0 Å². The van der Waals surface area contributed by atoms with Crippen LogP contribution in [0, 0.1) is 0 Å². The average Bonchev–Trinajstić information content (AvgIpc) is 1.65. The molecule has 0 spiro atoms. The number of carbonyl (C=O) groups is 1. The topological polar surface area (TPSA) is 78.3 Å². The molecule has 4 heteroatoms. The van der Waals surface area contributed by atoms with Crippen LogP contribution in [0.4, 0.5) is 0 Å². The number of nitrogens with two attached hydrogens (primary N) is 2. The summed E-state index contributed by atoms with van der Waals surface area (Å²) in [6, 6.07) is 0. The Bertz CT molecular complexity index is 82.1. The standard InChI is InChI=1S/C4H10N2O2/c1-3(6)8-4(7)2-5/h3H,2,5-6H2,1H3. The molecule has 0 amide bonds. The largest absolute Gasteiger partial charge is 0.446 e. The smallest absolute Gasteiger partial charge is 0.321 e. The zero-order valence-electron chi connectivity index (χ0n) is 4.76. The van der Waals surface area contributed by atoms with Crippen molar-refractivity contribution in [2.45, 2.75) is 13.2 Å². The molecule has 8 heavy (non-hydrogen) atoms. The van der Waals surface area contributed by atoms with Crippen LogP contribution in [0.2, 0.25) is 0 Å². The Morgan fingerprint density at radius 1 is 1.88 bits per heavy atom. The summed E-state index contributed by atoms with van der Waals surface area (Å²) in [5.74, 6) is -0.472. The number of hydrogen-bond acceptors (Lipinski definition) is 4. The van der Waals surface area contributed by atoms with Crippen LogP contribution in [0.3, 0.4) is 0 Å². The molecular formula is C4H10N2O2. The predicted octanol–water partition coefficient (Wildman–Crippen LogP) is -1.21. The molecule has 0 rings (SSSR count). The van der Waals surface area contributed by atoms with E-state index < -0.39 is 12.2 Å². The second kappa shape index (κ2) is 3.40. The second-order valence-electron chi connectivity index (χ2n) is 1.40. The van der Waals surface area contributed by atoms with Gasteiger partial charge in [-0.25, -0.2) is 0 Å². The van der Waals surface area contributed by atoms with Crippen LogP contribution in [0.1, 0.15) is 6.92 Å². The molecule has 0 bridgehead atoms. The van der Waals surface area contributed by atoms with Gasteiger partial charge in [0.05, 0.1) is 6.54 Å². The van der Waals surface area contributed by atoms with Gasteiger partial charge in [-0.1, -0.05) is 0 Å². The molecule has 0 radical (unpaired) electrons. The van der Waals surface area contributed by atoms with Crippen molar-refractivity contribution in [3.05, 3.63) is 0 Å². The first-order chi connectivity index (χ1) is 3.66. The molecule has 0 fully saturated rings. The summed E-state index contributed by atoms with van der Waals surface area (Å²) in [6.45, 7) is 1.45. The summed E-state index contributed by atoms with van der Waals surface area (Å²) in [5, 5.41) is 0. The molecule has 0 aromatic heterocycles. The normalized spacial score (nSPS) is 12.9. The lowest BCUT2D eigenvalue weighted by Gasteiger charge is -2.04. The fourth-order valence-electron chi connectivity index (χ4n) is 0.255. The first kappa shape index (κ1) is 7.39. The predicted molar refractivity (Wildman–Crippen MR) is 28.8 cm³/mol. The maximum absolute atomic E-state index is 10.2. The molecule has 1 unspecified atom stereocenters. The molecule has 4 nitrogen and oxygen atoms in total. The third-order valence-electron chi connectivity index (χ3n) is 0.484. The zero-order chi connectivity index (χ0) is 6.57. The third kappa shape index (κ3) is 3.58. The lowest BCUT2D eigenvalue weighted by Crippen LogP contribution is -2.27. The zero-order valence-corrected chi connectivity index (χ0v) is 4.76. The van der Waals surface area contributed by atoms with Crippen LogP contribution in [0.25, 0.3) is 0 Å². The minimum absolute atomic E-state index is 0.110. The molecule has 0 heterocycles. The van der Waals surface area contributed by atoms with E-state index in [2.05, 4.69) is 4.74 Å². The Hall–Kier alpha value is -0.610. The molecule has 4 N–H and O–H groups in total. The average molecular weight is 118 g/mol. The summed E-state index contributed by atoms with van der Waals surface area (Å²) < 4.78 is 4.41. The Morgan fingerprint density at radius 3 is 2.50 bits per heavy atom.